The minimum Gasteiger partial charge on any atom is -0.508 e. The molecule has 0 bridgehead atoms. The van der Waals surface area contributed by atoms with Crippen molar-refractivity contribution in [1.82, 2.24) is 14.8 Å². The van der Waals surface area contributed by atoms with E-state index < -0.39 is 23.1 Å². The van der Waals surface area contributed by atoms with Gasteiger partial charge >= 0.3 is 6.18 Å². The van der Waals surface area contributed by atoms with E-state index in [9.17, 15) is 18.3 Å². The number of hydrogen-bond donors (Lipinski definition) is 1. The predicted octanol–water partition coefficient (Wildman–Crippen LogP) is 5.17. The van der Waals surface area contributed by atoms with Crippen LogP contribution < -0.4 is 4.74 Å². The Balaban J connectivity index is 2.02. The van der Waals surface area contributed by atoms with Gasteiger partial charge in [-0.25, -0.2) is 0 Å². The lowest BCUT2D eigenvalue weighted by molar-refractivity contribution is -0.137. The zero-order valence-corrected chi connectivity index (χ0v) is 16.0. The van der Waals surface area contributed by atoms with Gasteiger partial charge in [-0.15, -0.1) is 10.2 Å². The summed E-state index contributed by atoms with van der Waals surface area (Å²) in [5.41, 5.74) is -2.16. The number of rotatable bonds is 4. The van der Waals surface area contributed by atoms with E-state index in [2.05, 4.69) is 10.2 Å². The molecule has 148 valence electrons. The SMILES string of the molecule is Cn1c(-c2ccc(O)cc2C(F)(F)F)nnc1C(C)(C)Oc1ccc(Cl)cc1. The standard InChI is InChI=1S/C19H17ClF3N3O2/c1-18(2,28-13-7-4-11(20)5-8-13)17-25-24-16(26(17)3)14-9-6-12(27)10-15(14)19(21,22)23/h4-10,27H,1-3H3. The number of aromatic hydroxyl groups is 1. The second-order valence-electron chi connectivity index (χ2n) is 6.70. The molecule has 5 nitrogen and oxygen atoms in total. The summed E-state index contributed by atoms with van der Waals surface area (Å²) in [6.45, 7) is 3.47. The molecule has 3 aromatic rings. The molecule has 1 heterocycles. The number of ether oxygens (including phenoxy) is 1. The molecule has 9 heteroatoms. The van der Waals surface area contributed by atoms with Crippen LogP contribution in [0.25, 0.3) is 11.4 Å². The van der Waals surface area contributed by atoms with Crippen LogP contribution in [-0.4, -0.2) is 19.9 Å². The second-order valence-corrected chi connectivity index (χ2v) is 7.14. The summed E-state index contributed by atoms with van der Waals surface area (Å²) in [6.07, 6.45) is -4.66. The van der Waals surface area contributed by atoms with Crippen molar-refractivity contribution in [3.8, 4) is 22.9 Å². The Bertz CT molecular complexity index is 999. The van der Waals surface area contributed by atoms with Gasteiger partial charge in [-0.1, -0.05) is 11.6 Å². The van der Waals surface area contributed by atoms with Gasteiger partial charge in [0.2, 0.25) is 0 Å². The van der Waals surface area contributed by atoms with Crippen LogP contribution in [0.1, 0.15) is 25.2 Å². The average Bonchev–Trinajstić information content (AvgIpc) is 2.98. The summed E-state index contributed by atoms with van der Waals surface area (Å²) in [4.78, 5) is 0. The molecule has 0 atom stereocenters. The summed E-state index contributed by atoms with van der Waals surface area (Å²) in [6, 6.07) is 9.71. The Kier molecular flexibility index (Phi) is 5.01. The number of nitrogens with zero attached hydrogens (tertiary/aromatic N) is 3. The number of phenolic OH excluding ortho intramolecular Hbond substituents is 1. The van der Waals surface area contributed by atoms with Crippen LogP contribution in [0.4, 0.5) is 13.2 Å². The average molecular weight is 412 g/mol. The second kappa shape index (κ2) is 7.01. The van der Waals surface area contributed by atoms with E-state index in [4.69, 9.17) is 16.3 Å². The normalized spacial score (nSPS) is 12.2. The third-order valence-electron chi connectivity index (χ3n) is 4.15. The fraction of sp³-hybridized carbons (Fsp3) is 0.263. The largest absolute Gasteiger partial charge is 0.508 e. The first-order chi connectivity index (χ1) is 13.0. The molecule has 0 spiro atoms. The van der Waals surface area contributed by atoms with E-state index >= 15 is 0 Å². The third-order valence-corrected chi connectivity index (χ3v) is 4.40. The summed E-state index contributed by atoms with van der Waals surface area (Å²) < 4.78 is 47.6. The van der Waals surface area contributed by atoms with E-state index in [0.717, 1.165) is 0 Å². The molecule has 3 rings (SSSR count). The molecule has 0 aliphatic carbocycles. The summed E-state index contributed by atoms with van der Waals surface area (Å²) in [7, 11) is 1.56. The molecule has 0 amide bonds. The van der Waals surface area contributed by atoms with Crippen LogP contribution in [0.5, 0.6) is 11.5 Å². The molecule has 0 saturated heterocycles. The zero-order valence-electron chi connectivity index (χ0n) is 15.3. The van der Waals surface area contributed by atoms with E-state index in [0.29, 0.717) is 22.7 Å². The van der Waals surface area contributed by atoms with Crippen molar-refractivity contribution < 1.29 is 23.0 Å². The van der Waals surface area contributed by atoms with Gasteiger partial charge in [0.1, 0.15) is 11.5 Å². The monoisotopic (exact) mass is 411 g/mol. The maximum atomic E-state index is 13.4. The van der Waals surface area contributed by atoms with Crippen LogP contribution in [0.3, 0.4) is 0 Å². The quantitative estimate of drug-likeness (QED) is 0.643. The van der Waals surface area contributed by atoms with Crippen molar-refractivity contribution in [2.45, 2.75) is 25.6 Å². The highest BCUT2D eigenvalue weighted by molar-refractivity contribution is 6.30. The predicted molar refractivity (Wildman–Crippen MR) is 98.2 cm³/mol. The Morgan fingerprint density at radius 2 is 1.68 bits per heavy atom. The van der Waals surface area contributed by atoms with Gasteiger partial charge in [0, 0.05) is 17.6 Å². The van der Waals surface area contributed by atoms with Crippen LogP contribution in [0, 0.1) is 0 Å². The van der Waals surface area contributed by atoms with Gasteiger partial charge in [0.25, 0.3) is 0 Å². The number of alkyl halides is 3. The maximum absolute atomic E-state index is 13.4. The number of benzene rings is 2. The molecular formula is C19H17ClF3N3O2. The van der Waals surface area contributed by atoms with Crippen molar-refractivity contribution in [1.29, 1.82) is 0 Å². The lowest BCUT2D eigenvalue weighted by atomic mass is 10.1. The van der Waals surface area contributed by atoms with E-state index in [1.807, 2.05) is 0 Å². The van der Waals surface area contributed by atoms with Crippen molar-refractivity contribution >= 4 is 11.6 Å². The molecule has 0 unspecified atom stereocenters. The highest BCUT2D eigenvalue weighted by Gasteiger charge is 2.37. The molecule has 0 saturated carbocycles. The lowest BCUT2D eigenvalue weighted by Gasteiger charge is -2.25. The van der Waals surface area contributed by atoms with Crippen LogP contribution in [0.2, 0.25) is 5.02 Å². The molecule has 1 aromatic heterocycles. The highest BCUT2D eigenvalue weighted by atomic mass is 35.5. The Morgan fingerprint density at radius 3 is 2.29 bits per heavy atom. The minimum absolute atomic E-state index is 0.00936. The smallest absolute Gasteiger partial charge is 0.417 e. The minimum atomic E-state index is -4.66. The number of phenols is 1. The first-order valence-corrected chi connectivity index (χ1v) is 8.62. The number of halogens is 4. The summed E-state index contributed by atoms with van der Waals surface area (Å²) in [5, 5.41) is 18.0. The van der Waals surface area contributed by atoms with Gasteiger partial charge < -0.3 is 14.4 Å². The van der Waals surface area contributed by atoms with E-state index in [1.165, 1.54) is 16.7 Å². The van der Waals surface area contributed by atoms with E-state index in [1.54, 1.807) is 45.2 Å². The molecule has 28 heavy (non-hydrogen) atoms. The molecule has 0 aliphatic heterocycles. The first-order valence-electron chi connectivity index (χ1n) is 8.24. The molecule has 0 aliphatic rings. The van der Waals surface area contributed by atoms with Crippen LogP contribution in [-0.2, 0) is 18.8 Å². The topological polar surface area (TPSA) is 60.2 Å². The maximum Gasteiger partial charge on any atom is 0.417 e. The number of hydrogen-bond acceptors (Lipinski definition) is 4. The van der Waals surface area contributed by atoms with Gasteiger partial charge in [-0.2, -0.15) is 13.2 Å². The molecule has 0 fully saturated rings. The molecular weight excluding hydrogens is 395 g/mol. The third kappa shape index (κ3) is 3.91. The first kappa shape index (κ1) is 20.0. The van der Waals surface area contributed by atoms with Gasteiger partial charge in [-0.3, -0.25) is 0 Å². The Morgan fingerprint density at radius 1 is 1.04 bits per heavy atom. The van der Waals surface area contributed by atoms with Gasteiger partial charge in [0.15, 0.2) is 17.2 Å². The van der Waals surface area contributed by atoms with Crippen molar-refractivity contribution in [2.75, 3.05) is 0 Å². The number of aromatic nitrogens is 3. The van der Waals surface area contributed by atoms with Crippen molar-refractivity contribution in [2.24, 2.45) is 7.05 Å². The fourth-order valence-electron chi connectivity index (χ4n) is 2.89. The summed E-state index contributed by atoms with van der Waals surface area (Å²) in [5.74, 6) is 0.387. The molecule has 1 N–H and O–H groups in total. The van der Waals surface area contributed by atoms with E-state index in [-0.39, 0.29) is 11.4 Å². The zero-order chi connectivity index (χ0) is 20.7. The Hall–Kier alpha value is -2.74. The van der Waals surface area contributed by atoms with Crippen molar-refractivity contribution in [3.05, 3.63) is 58.9 Å². The molecule has 0 radical (unpaired) electrons. The Labute approximate surface area is 164 Å². The van der Waals surface area contributed by atoms with Gasteiger partial charge in [-0.05, 0) is 56.3 Å². The van der Waals surface area contributed by atoms with Crippen LogP contribution in [0.15, 0.2) is 42.5 Å². The lowest BCUT2D eigenvalue weighted by Crippen LogP contribution is -2.29. The summed E-state index contributed by atoms with van der Waals surface area (Å²) >= 11 is 5.87. The molecule has 2 aromatic carbocycles. The van der Waals surface area contributed by atoms with Crippen molar-refractivity contribution in [3.63, 3.8) is 0 Å². The van der Waals surface area contributed by atoms with Gasteiger partial charge in [0.05, 0.1) is 5.56 Å². The fourth-order valence-corrected chi connectivity index (χ4v) is 3.02. The highest BCUT2D eigenvalue weighted by Crippen LogP contribution is 2.39. The van der Waals surface area contributed by atoms with Crippen LogP contribution >= 0.6 is 11.6 Å².